The molecule has 0 saturated carbocycles. The van der Waals surface area contributed by atoms with Gasteiger partial charge in [0.2, 0.25) is 0 Å². The van der Waals surface area contributed by atoms with Crippen molar-refractivity contribution >= 4 is 22.8 Å². The number of pyridine rings is 1. The highest BCUT2D eigenvalue weighted by atomic mass is 32.2. The molecule has 5 rings (SSSR count). The normalized spacial score (nSPS) is 18.8. The van der Waals surface area contributed by atoms with Crippen molar-refractivity contribution in [3.63, 3.8) is 0 Å². The van der Waals surface area contributed by atoms with Crippen LogP contribution in [0.25, 0.3) is 22.4 Å². The first kappa shape index (κ1) is 19.8. The van der Waals surface area contributed by atoms with Crippen molar-refractivity contribution < 1.29 is 14.6 Å². The number of aromatic hydroxyl groups is 1. The molecular weight excluding hydrogens is 410 g/mol. The lowest BCUT2D eigenvalue weighted by molar-refractivity contribution is -0.117. The van der Waals surface area contributed by atoms with Gasteiger partial charge >= 0.3 is 0 Å². The summed E-state index contributed by atoms with van der Waals surface area (Å²) >= 11 is 1.45. The Kier molecular flexibility index (Phi) is 5.44. The summed E-state index contributed by atoms with van der Waals surface area (Å²) in [4.78, 5) is 23.8. The van der Waals surface area contributed by atoms with Gasteiger partial charge in [0, 0.05) is 24.2 Å². The summed E-state index contributed by atoms with van der Waals surface area (Å²) in [6, 6.07) is 20.9. The molecule has 1 saturated heterocycles. The average Bonchev–Trinajstić information content (AvgIpc) is 3.22. The summed E-state index contributed by atoms with van der Waals surface area (Å²) < 4.78 is 5.39. The number of hydrogen-bond acceptors (Lipinski definition) is 6. The van der Waals surface area contributed by atoms with Crippen LogP contribution in [0.3, 0.4) is 0 Å². The third-order valence-corrected chi connectivity index (χ3v) is 6.59. The summed E-state index contributed by atoms with van der Waals surface area (Å²) in [6.45, 7) is 2.79. The van der Waals surface area contributed by atoms with Gasteiger partial charge in [-0.2, -0.15) is 4.99 Å². The highest BCUT2D eigenvalue weighted by Crippen LogP contribution is 2.38. The first-order valence-corrected chi connectivity index (χ1v) is 11.0. The van der Waals surface area contributed by atoms with Crippen LogP contribution in [0.2, 0.25) is 0 Å². The van der Waals surface area contributed by atoms with Gasteiger partial charge in [-0.1, -0.05) is 48.2 Å². The van der Waals surface area contributed by atoms with Crippen molar-refractivity contribution in [1.29, 1.82) is 0 Å². The average molecular weight is 432 g/mol. The molecule has 0 bridgehead atoms. The largest absolute Gasteiger partial charge is 0.507 e. The molecule has 0 radical (unpaired) electrons. The third-order valence-electron chi connectivity index (χ3n) is 5.35. The minimum atomic E-state index is -0.441. The number of aromatic nitrogens is 1. The number of carbonyl (C=O) groups is 1. The van der Waals surface area contributed by atoms with E-state index in [-0.39, 0.29) is 11.7 Å². The van der Waals surface area contributed by atoms with E-state index in [1.54, 1.807) is 6.07 Å². The summed E-state index contributed by atoms with van der Waals surface area (Å²) in [7, 11) is 0. The van der Waals surface area contributed by atoms with Crippen LogP contribution in [0.15, 0.2) is 71.7 Å². The van der Waals surface area contributed by atoms with Crippen molar-refractivity contribution in [2.45, 2.75) is 5.25 Å². The van der Waals surface area contributed by atoms with E-state index in [0.29, 0.717) is 18.9 Å². The number of amidine groups is 1. The highest BCUT2D eigenvalue weighted by molar-refractivity contribution is 8.15. The number of rotatable bonds is 3. The molecule has 2 aliphatic rings. The van der Waals surface area contributed by atoms with Crippen molar-refractivity contribution in [3.8, 4) is 28.1 Å². The first-order valence-electron chi connectivity index (χ1n) is 10.2. The quantitative estimate of drug-likeness (QED) is 0.672. The zero-order valence-corrected chi connectivity index (χ0v) is 17.6. The Labute approximate surface area is 184 Å². The SMILES string of the molecule is O=C1N=C(N2CCOCC2)SC1c1cccc(-c2ccc(O)c(-c3ccccc3)c2)n1. The van der Waals surface area contributed by atoms with Crippen LogP contribution in [0.5, 0.6) is 5.75 Å². The number of thioether (sulfide) groups is 1. The van der Waals surface area contributed by atoms with E-state index in [0.717, 1.165) is 40.6 Å². The second-order valence-corrected chi connectivity index (χ2v) is 8.45. The number of nitrogens with zero attached hydrogens (tertiary/aromatic N) is 3. The molecule has 3 aromatic rings. The second kappa shape index (κ2) is 8.53. The van der Waals surface area contributed by atoms with Gasteiger partial charge < -0.3 is 14.7 Å². The fourth-order valence-electron chi connectivity index (χ4n) is 3.72. The van der Waals surface area contributed by atoms with E-state index in [4.69, 9.17) is 9.72 Å². The Morgan fingerprint density at radius 2 is 1.77 bits per heavy atom. The van der Waals surface area contributed by atoms with E-state index >= 15 is 0 Å². The predicted molar refractivity (Wildman–Crippen MR) is 122 cm³/mol. The molecule has 2 aliphatic heterocycles. The number of hydrogen-bond donors (Lipinski definition) is 1. The minimum absolute atomic E-state index is 0.174. The van der Waals surface area contributed by atoms with Gasteiger partial charge in [-0.15, -0.1) is 0 Å². The summed E-state index contributed by atoms with van der Waals surface area (Å²) in [6.07, 6.45) is 0. The van der Waals surface area contributed by atoms with Crippen molar-refractivity contribution in [1.82, 2.24) is 9.88 Å². The van der Waals surface area contributed by atoms with E-state index in [1.807, 2.05) is 60.7 Å². The van der Waals surface area contributed by atoms with E-state index < -0.39 is 5.25 Å². The number of ether oxygens (including phenoxy) is 1. The van der Waals surface area contributed by atoms with Crippen LogP contribution in [0.1, 0.15) is 10.9 Å². The summed E-state index contributed by atoms with van der Waals surface area (Å²) in [5.41, 5.74) is 4.00. The molecule has 1 unspecified atom stereocenters. The molecule has 1 atom stereocenters. The lowest BCUT2D eigenvalue weighted by Crippen LogP contribution is -2.38. The van der Waals surface area contributed by atoms with Crippen molar-refractivity contribution in [2.24, 2.45) is 4.99 Å². The first-order chi connectivity index (χ1) is 15.2. The minimum Gasteiger partial charge on any atom is -0.507 e. The predicted octanol–water partition coefficient (Wildman–Crippen LogP) is 4.12. The number of morpholine rings is 1. The standard InChI is InChI=1S/C24H21N3O3S/c28-21-10-9-17(15-18(21)16-5-2-1-3-6-16)19-7-4-8-20(25-19)22-23(29)26-24(31-22)27-11-13-30-14-12-27/h1-10,15,22,28H,11-14H2. The fraction of sp³-hybridized carbons (Fsp3) is 0.208. The molecule has 0 spiro atoms. The lowest BCUT2D eigenvalue weighted by atomic mass is 10.00. The van der Waals surface area contributed by atoms with Crippen molar-refractivity contribution in [2.75, 3.05) is 26.3 Å². The van der Waals surface area contributed by atoms with Crippen LogP contribution in [-0.2, 0) is 9.53 Å². The Balaban J connectivity index is 1.42. The number of amides is 1. The maximum Gasteiger partial charge on any atom is 0.267 e. The van der Waals surface area contributed by atoms with Gasteiger partial charge in [0.25, 0.3) is 5.91 Å². The molecule has 0 aliphatic carbocycles. The molecule has 1 aromatic heterocycles. The number of carbonyl (C=O) groups excluding carboxylic acids is 1. The smallest absolute Gasteiger partial charge is 0.267 e. The van der Waals surface area contributed by atoms with E-state index in [1.165, 1.54) is 11.8 Å². The van der Waals surface area contributed by atoms with E-state index in [9.17, 15) is 9.90 Å². The monoisotopic (exact) mass is 431 g/mol. The Morgan fingerprint density at radius 3 is 2.58 bits per heavy atom. The molecule has 7 heteroatoms. The molecule has 3 heterocycles. The zero-order valence-electron chi connectivity index (χ0n) is 16.8. The topological polar surface area (TPSA) is 75.0 Å². The molecular formula is C24H21N3O3S. The number of aliphatic imine (C=N–C) groups is 1. The molecule has 1 N–H and O–H groups in total. The van der Waals surface area contributed by atoms with Gasteiger partial charge in [-0.3, -0.25) is 9.78 Å². The Bertz CT molecular complexity index is 1140. The lowest BCUT2D eigenvalue weighted by Gasteiger charge is -2.27. The van der Waals surface area contributed by atoms with Crippen LogP contribution in [-0.4, -0.2) is 52.4 Å². The zero-order chi connectivity index (χ0) is 21.2. The molecule has 1 amide bonds. The third kappa shape index (κ3) is 4.06. The van der Waals surface area contributed by atoms with Gasteiger partial charge in [-0.05, 0) is 35.9 Å². The van der Waals surface area contributed by atoms with E-state index in [2.05, 4.69) is 9.89 Å². The molecule has 2 aromatic carbocycles. The maximum atomic E-state index is 12.6. The fourth-order valence-corrected chi connectivity index (χ4v) is 4.82. The van der Waals surface area contributed by atoms with Crippen molar-refractivity contribution in [3.05, 3.63) is 72.4 Å². The Hall–Kier alpha value is -3.16. The van der Waals surface area contributed by atoms with Crippen LogP contribution in [0.4, 0.5) is 0 Å². The van der Waals surface area contributed by atoms with Gasteiger partial charge in [0.1, 0.15) is 11.0 Å². The molecule has 1 fully saturated rings. The summed E-state index contributed by atoms with van der Waals surface area (Å²) in [5.74, 6) is 0.0445. The molecule has 6 nitrogen and oxygen atoms in total. The van der Waals surface area contributed by atoms with Crippen LogP contribution < -0.4 is 0 Å². The van der Waals surface area contributed by atoms with Crippen LogP contribution >= 0.6 is 11.8 Å². The molecule has 156 valence electrons. The Morgan fingerprint density at radius 1 is 0.968 bits per heavy atom. The highest BCUT2D eigenvalue weighted by Gasteiger charge is 2.34. The molecule has 31 heavy (non-hydrogen) atoms. The second-order valence-electron chi connectivity index (χ2n) is 7.38. The van der Waals surface area contributed by atoms with Gasteiger partial charge in [0.15, 0.2) is 5.17 Å². The summed E-state index contributed by atoms with van der Waals surface area (Å²) in [5, 5.41) is 10.7. The number of phenolic OH excluding ortho intramolecular Hbond substituents is 1. The van der Waals surface area contributed by atoms with Crippen LogP contribution in [0, 0.1) is 0 Å². The number of benzene rings is 2. The number of phenols is 1. The van der Waals surface area contributed by atoms with Gasteiger partial charge in [-0.25, -0.2) is 0 Å². The van der Waals surface area contributed by atoms with Gasteiger partial charge in [0.05, 0.1) is 24.6 Å². The maximum absolute atomic E-state index is 12.6.